The molecular weight excluding hydrogens is 450 g/mol. The summed E-state index contributed by atoms with van der Waals surface area (Å²) in [7, 11) is 3.26. The SMILES string of the molecule is CCc1ccc([C@@H]2Oc3ccccc3-n3c(-c4ccc(C)cc4)c4c(=O)n(C)c(=O)n(C)c4c32)cc1. The highest BCUT2D eigenvalue weighted by Gasteiger charge is 2.36. The predicted molar refractivity (Wildman–Crippen MR) is 142 cm³/mol. The number of rotatable bonds is 3. The summed E-state index contributed by atoms with van der Waals surface area (Å²) in [6.45, 7) is 4.16. The van der Waals surface area contributed by atoms with E-state index in [0.29, 0.717) is 10.9 Å². The largest absolute Gasteiger partial charge is 0.477 e. The predicted octanol–water partition coefficient (Wildman–Crippen LogP) is 5.05. The molecule has 0 amide bonds. The first-order chi connectivity index (χ1) is 17.4. The Morgan fingerprint density at radius 2 is 1.56 bits per heavy atom. The van der Waals surface area contributed by atoms with Crippen LogP contribution >= 0.6 is 0 Å². The molecule has 2 aromatic heterocycles. The fraction of sp³-hybridized carbons (Fsp3) is 0.200. The molecule has 6 heteroatoms. The van der Waals surface area contributed by atoms with Crippen molar-refractivity contribution in [2.75, 3.05) is 0 Å². The zero-order valence-corrected chi connectivity index (χ0v) is 20.8. The van der Waals surface area contributed by atoms with E-state index in [9.17, 15) is 9.59 Å². The summed E-state index contributed by atoms with van der Waals surface area (Å²) in [5.74, 6) is 0.727. The molecule has 0 spiro atoms. The van der Waals surface area contributed by atoms with Crippen molar-refractivity contribution in [3.8, 4) is 22.7 Å². The Bertz CT molecular complexity index is 1750. The second-order valence-corrected chi connectivity index (χ2v) is 9.43. The molecule has 1 aliphatic heterocycles. The van der Waals surface area contributed by atoms with Gasteiger partial charge in [0, 0.05) is 14.1 Å². The molecule has 0 saturated heterocycles. The van der Waals surface area contributed by atoms with Crippen LogP contribution in [0.25, 0.3) is 27.8 Å². The summed E-state index contributed by atoms with van der Waals surface area (Å²) in [6, 6.07) is 24.4. The highest BCUT2D eigenvalue weighted by molar-refractivity contribution is 5.98. The van der Waals surface area contributed by atoms with E-state index in [2.05, 4.69) is 35.8 Å². The van der Waals surface area contributed by atoms with Crippen LogP contribution < -0.4 is 16.0 Å². The molecule has 3 heterocycles. The summed E-state index contributed by atoms with van der Waals surface area (Å²) in [5.41, 5.74) is 6.54. The lowest BCUT2D eigenvalue weighted by Crippen LogP contribution is -2.37. The number of para-hydroxylation sites is 2. The van der Waals surface area contributed by atoms with Crippen molar-refractivity contribution in [3.63, 3.8) is 0 Å². The lowest BCUT2D eigenvalue weighted by atomic mass is 10.0. The van der Waals surface area contributed by atoms with Gasteiger partial charge >= 0.3 is 5.69 Å². The topological polar surface area (TPSA) is 58.2 Å². The van der Waals surface area contributed by atoms with Crippen LogP contribution in [-0.2, 0) is 20.5 Å². The van der Waals surface area contributed by atoms with Gasteiger partial charge in [-0.3, -0.25) is 13.9 Å². The van der Waals surface area contributed by atoms with Gasteiger partial charge in [0.05, 0.1) is 28.0 Å². The number of benzene rings is 3. The number of aryl methyl sites for hydroxylation is 3. The van der Waals surface area contributed by atoms with Gasteiger partial charge in [-0.1, -0.05) is 73.2 Å². The Morgan fingerprint density at radius 3 is 2.25 bits per heavy atom. The smallest absolute Gasteiger partial charge is 0.331 e. The van der Waals surface area contributed by atoms with Crippen LogP contribution in [-0.4, -0.2) is 13.7 Å². The standard InChI is InChI=1S/C30H27N3O3/c1-5-19-12-16-21(17-13-19)28-27-26-24(29(34)32(4)30(35)31(26)3)25(20-14-10-18(2)11-15-20)33(27)22-8-6-7-9-23(22)36-28/h6-17,28H,5H2,1-4H3/t28-/m0/s1. The lowest BCUT2D eigenvalue weighted by Gasteiger charge is -2.30. The third-order valence-electron chi connectivity index (χ3n) is 7.22. The molecule has 5 aromatic rings. The number of ether oxygens (including phenoxy) is 1. The van der Waals surface area contributed by atoms with E-state index in [1.54, 1.807) is 11.6 Å². The van der Waals surface area contributed by atoms with Crippen LogP contribution in [0.15, 0.2) is 82.4 Å². The molecule has 0 unspecified atom stereocenters. The Morgan fingerprint density at radius 1 is 0.861 bits per heavy atom. The van der Waals surface area contributed by atoms with Crippen molar-refractivity contribution in [1.29, 1.82) is 0 Å². The molecule has 6 rings (SSSR count). The van der Waals surface area contributed by atoms with Crippen molar-refractivity contribution in [2.45, 2.75) is 26.4 Å². The van der Waals surface area contributed by atoms with Crippen molar-refractivity contribution in [2.24, 2.45) is 14.1 Å². The van der Waals surface area contributed by atoms with Crippen molar-refractivity contribution in [1.82, 2.24) is 13.7 Å². The monoisotopic (exact) mass is 477 g/mol. The number of hydrogen-bond donors (Lipinski definition) is 0. The third-order valence-corrected chi connectivity index (χ3v) is 7.22. The molecule has 0 saturated carbocycles. The van der Waals surface area contributed by atoms with Gasteiger partial charge in [0.1, 0.15) is 5.75 Å². The van der Waals surface area contributed by atoms with E-state index in [0.717, 1.165) is 45.9 Å². The molecule has 1 aliphatic rings. The second kappa shape index (κ2) is 8.12. The Kier molecular flexibility index (Phi) is 5.00. The number of nitrogens with zero attached hydrogens (tertiary/aromatic N) is 3. The van der Waals surface area contributed by atoms with Gasteiger partial charge in [-0.15, -0.1) is 0 Å². The maximum absolute atomic E-state index is 13.7. The van der Waals surface area contributed by atoms with E-state index in [-0.39, 0.29) is 11.2 Å². The van der Waals surface area contributed by atoms with Gasteiger partial charge in [-0.05, 0) is 42.2 Å². The van der Waals surface area contributed by atoms with E-state index in [1.165, 1.54) is 17.2 Å². The summed E-state index contributed by atoms with van der Waals surface area (Å²) in [4.78, 5) is 26.8. The van der Waals surface area contributed by atoms with E-state index in [1.807, 2.05) is 55.5 Å². The number of aromatic nitrogens is 3. The third kappa shape index (κ3) is 3.10. The van der Waals surface area contributed by atoms with Crippen molar-refractivity contribution < 1.29 is 4.74 Å². The molecule has 180 valence electrons. The first-order valence-electron chi connectivity index (χ1n) is 12.2. The van der Waals surface area contributed by atoms with Crippen LogP contribution in [0.4, 0.5) is 0 Å². The normalized spacial score (nSPS) is 14.4. The van der Waals surface area contributed by atoms with Gasteiger partial charge in [-0.25, -0.2) is 4.79 Å². The van der Waals surface area contributed by atoms with Crippen molar-refractivity contribution >= 4 is 10.9 Å². The van der Waals surface area contributed by atoms with E-state index < -0.39 is 6.10 Å². The maximum Gasteiger partial charge on any atom is 0.331 e. The average Bonchev–Trinajstić information content (AvgIpc) is 3.27. The molecule has 0 radical (unpaired) electrons. The lowest BCUT2D eigenvalue weighted by molar-refractivity contribution is 0.229. The van der Waals surface area contributed by atoms with Gasteiger partial charge in [0.15, 0.2) is 6.10 Å². The van der Waals surface area contributed by atoms with E-state index >= 15 is 0 Å². The van der Waals surface area contributed by atoms with Crippen LogP contribution in [0.5, 0.6) is 5.75 Å². The molecule has 36 heavy (non-hydrogen) atoms. The van der Waals surface area contributed by atoms with E-state index in [4.69, 9.17) is 4.74 Å². The zero-order chi connectivity index (χ0) is 25.1. The maximum atomic E-state index is 13.7. The highest BCUT2D eigenvalue weighted by Crippen LogP contribution is 2.46. The van der Waals surface area contributed by atoms with Crippen LogP contribution in [0.2, 0.25) is 0 Å². The summed E-state index contributed by atoms with van der Waals surface area (Å²) < 4.78 is 11.5. The van der Waals surface area contributed by atoms with Gasteiger partial charge < -0.3 is 9.30 Å². The minimum Gasteiger partial charge on any atom is -0.477 e. The summed E-state index contributed by atoms with van der Waals surface area (Å²) >= 11 is 0. The van der Waals surface area contributed by atoms with Crippen LogP contribution in [0.1, 0.15) is 35.4 Å². The quantitative estimate of drug-likeness (QED) is 0.366. The molecule has 0 aliphatic carbocycles. The van der Waals surface area contributed by atoms with Crippen molar-refractivity contribution in [3.05, 3.63) is 116 Å². The Balaban J connectivity index is 1.82. The second-order valence-electron chi connectivity index (χ2n) is 9.43. The molecule has 6 nitrogen and oxygen atoms in total. The molecule has 1 atom stereocenters. The first-order valence-corrected chi connectivity index (χ1v) is 12.2. The summed E-state index contributed by atoms with van der Waals surface area (Å²) in [5, 5.41) is 0.508. The zero-order valence-electron chi connectivity index (χ0n) is 20.8. The molecule has 0 bridgehead atoms. The highest BCUT2D eigenvalue weighted by atomic mass is 16.5. The van der Waals surface area contributed by atoms with Gasteiger partial charge in [0.2, 0.25) is 0 Å². The number of fused-ring (bicyclic) bond motifs is 5. The summed E-state index contributed by atoms with van der Waals surface area (Å²) in [6.07, 6.45) is 0.445. The fourth-order valence-electron chi connectivity index (χ4n) is 5.25. The van der Waals surface area contributed by atoms with Gasteiger partial charge in [-0.2, -0.15) is 0 Å². The average molecular weight is 478 g/mol. The molecule has 0 N–H and O–H groups in total. The Hall–Kier alpha value is -4.32. The van der Waals surface area contributed by atoms with Crippen LogP contribution in [0.3, 0.4) is 0 Å². The van der Waals surface area contributed by atoms with Crippen LogP contribution in [0, 0.1) is 6.92 Å². The fourth-order valence-corrected chi connectivity index (χ4v) is 5.25. The van der Waals surface area contributed by atoms with Gasteiger partial charge in [0.25, 0.3) is 5.56 Å². The molecule has 0 fully saturated rings. The molecular formula is C30H27N3O3. The Labute approximate surface area is 208 Å². The molecule has 3 aromatic carbocycles. The first kappa shape index (κ1) is 22.2. The minimum atomic E-state index is -0.495. The number of hydrogen-bond acceptors (Lipinski definition) is 3. The minimum absolute atomic E-state index is 0.317.